The van der Waals surface area contributed by atoms with E-state index in [0.717, 1.165) is 28.2 Å². The molecule has 2 aromatic rings. The van der Waals surface area contributed by atoms with E-state index in [4.69, 9.17) is 4.74 Å². The molecule has 0 heterocycles. The van der Waals surface area contributed by atoms with Crippen LogP contribution in [0.1, 0.15) is 21.5 Å². The average Bonchev–Trinajstić information content (AvgIpc) is 2.62. The van der Waals surface area contributed by atoms with Gasteiger partial charge >= 0.3 is 5.97 Å². The second kappa shape index (κ2) is 9.07. The van der Waals surface area contributed by atoms with Crippen LogP contribution in [0.15, 0.2) is 36.4 Å². The van der Waals surface area contributed by atoms with Crippen molar-refractivity contribution in [3.8, 4) is 0 Å². The summed E-state index contributed by atoms with van der Waals surface area (Å²) in [5, 5.41) is 2.71. The number of benzene rings is 2. The van der Waals surface area contributed by atoms with Gasteiger partial charge < -0.3 is 15.0 Å². The number of nitrogens with one attached hydrogen (secondary N) is 1. The fourth-order valence-corrected chi connectivity index (χ4v) is 2.33. The molecule has 6 nitrogen and oxygen atoms in total. The summed E-state index contributed by atoms with van der Waals surface area (Å²) in [5.41, 5.74) is 2.02. The Balaban J connectivity index is 1.87. The number of carbonyl (C=O) groups is 3. The molecular formula is C20H20F2N2O4. The predicted molar refractivity (Wildman–Crippen MR) is 98.8 cm³/mol. The van der Waals surface area contributed by atoms with Crippen LogP contribution >= 0.6 is 0 Å². The Morgan fingerprint density at radius 1 is 1.07 bits per heavy atom. The first-order valence-electron chi connectivity index (χ1n) is 8.40. The van der Waals surface area contributed by atoms with Gasteiger partial charge in [0.05, 0.1) is 12.1 Å². The molecule has 0 aromatic heterocycles. The molecule has 2 amide bonds. The molecule has 0 saturated heterocycles. The van der Waals surface area contributed by atoms with Crippen LogP contribution in [-0.2, 0) is 14.3 Å². The highest BCUT2D eigenvalue weighted by Crippen LogP contribution is 2.16. The predicted octanol–water partition coefficient (Wildman–Crippen LogP) is 2.84. The van der Waals surface area contributed by atoms with Crippen LogP contribution in [0.3, 0.4) is 0 Å². The van der Waals surface area contributed by atoms with Gasteiger partial charge in [-0.25, -0.2) is 13.6 Å². The summed E-state index contributed by atoms with van der Waals surface area (Å²) in [6.07, 6.45) is 0. The normalized spacial score (nSPS) is 10.3. The first-order valence-corrected chi connectivity index (χ1v) is 8.40. The Hall–Kier alpha value is -3.29. The van der Waals surface area contributed by atoms with Crippen LogP contribution in [0.25, 0.3) is 0 Å². The molecule has 28 heavy (non-hydrogen) atoms. The van der Waals surface area contributed by atoms with E-state index in [9.17, 15) is 23.2 Å². The standard InChI is InChI=1S/C20H20F2N2O4/c1-12-4-5-13(2)17(8-12)23-18(25)10-24(3)19(26)11-28-20(27)15-7-6-14(21)9-16(15)22/h4-9H,10-11H2,1-3H3,(H,23,25). The number of amides is 2. The Morgan fingerprint density at radius 2 is 1.79 bits per heavy atom. The van der Waals surface area contributed by atoms with E-state index in [-0.39, 0.29) is 6.54 Å². The van der Waals surface area contributed by atoms with Crippen molar-refractivity contribution in [3.63, 3.8) is 0 Å². The molecule has 0 aliphatic rings. The maximum Gasteiger partial charge on any atom is 0.341 e. The summed E-state index contributed by atoms with van der Waals surface area (Å²) < 4.78 is 31.1. The van der Waals surface area contributed by atoms with Crippen LogP contribution in [0, 0.1) is 25.5 Å². The molecule has 0 spiro atoms. The maximum absolute atomic E-state index is 13.5. The van der Waals surface area contributed by atoms with Gasteiger partial charge in [0.15, 0.2) is 6.61 Å². The number of rotatable bonds is 6. The SMILES string of the molecule is Cc1ccc(C)c(NC(=O)CN(C)C(=O)COC(=O)c2ccc(F)cc2F)c1. The van der Waals surface area contributed by atoms with Crippen molar-refractivity contribution in [2.75, 3.05) is 25.5 Å². The fraction of sp³-hybridized carbons (Fsp3) is 0.250. The van der Waals surface area contributed by atoms with E-state index in [0.29, 0.717) is 11.8 Å². The van der Waals surface area contributed by atoms with E-state index in [1.165, 1.54) is 7.05 Å². The van der Waals surface area contributed by atoms with Crippen molar-refractivity contribution < 1.29 is 27.9 Å². The van der Waals surface area contributed by atoms with Gasteiger partial charge in [-0.05, 0) is 43.2 Å². The Morgan fingerprint density at radius 3 is 2.46 bits per heavy atom. The number of hydrogen-bond acceptors (Lipinski definition) is 4. The van der Waals surface area contributed by atoms with Crippen LogP contribution < -0.4 is 5.32 Å². The maximum atomic E-state index is 13.5. The summed E-state index contributed by atoms with van der Waals surface area (Å²) in [6.45, 7) is 2.80. The molecule has 0 unspecified atom stereocenters. The van der Waals surface area contributed by atoms with E-state index in [2.05, 4.69) is 5.32 Å². The highest BCUT2D eigenvalue weighted by molar-refractivity contribution is 5.96. The number of carbonyl (C=O) groups excluding carboxylic acids is 3. The van der Waals surface area contributed by atoms with Gasteiger partial charge in [0.25, 0.3) is 5.91 Å². The highest BCUT2D eigenvalue weighted by Gasteiger charge is 2.18. The van der Waals surface area contributed by atoms with Gasteiger partial charge in [0.2, 0.25) is 5.91 Å². The number of anilines is 1. The lowest BCUT2D eigenvalue weighted by Crippen LogP contribution is -2.37. The number of esters is 1. The summed E-state index contributed by atoms with van der Waals surface area (Å²) >= 11 is 0. The zero-order valence-corrected chi connectivity index (χ0v) is 15.7. The number of nitrogens with zero attached hydrogens (tertiary/aromatic N) is 1. The number of ether oxygens (including phenoxy) is 1. The quantitative estimate of drug-likeness (QED) is 0.770. The van der Waals surface area contributed by atoms with Crippen molar-refractivity contribution in [2.45, 2.75) is 13.8 Å². The lowest BCUT2D eigenvalue weighted by molar-refractivity contribution is -0.136. The summed E-state index contributed by atoms with van der Waals surface area (Å²) in [7, 11) is 1.37. The molecule has 148 valence electrons. The third-order valence-corrected chi connectivity index (χ3v) is 3.95. The zero-order chi connectivity index (χ0) is 20.8. The topological polar surface area (TPSA) is 75.7 Å². The molecule has 0 saturated carbocycles. The van der Waals surface area contributed by atoms with E-state index < -0.39 is 41.6 Å². The Kier molecular flexibility index (Phi) is 6.81. The Labute approximate surface area is 161 Å². The third kappa shape index (κ3) is 5.60. The molecule has 0 atom stereocenters. The molecule has 1 N–H and O–H groups in total. The van der Waals surface area contributed by atoms with Crippen molar-refractivity contribution in [2.24, 2.45) is 0 Å². The highest BCUT2D eigenvalue weighted by atomic mass is 19.1. The van der Waals surface area contributed by atoms with E-state index >= 15 is 0 Å². The van der Waals surface area contributed by atoms with Gasteiger partial charge in [0, 0.05) is 18.8 Å². The van der Waals surface area contributed by atoms with Crippen molar-refractivity contribution in [1.82, 2.24) is 4.90 Å². The van der Waals surface area contributed by atoms with Crippen molar-refractivity contribution in [1.29, 1.82) is 0 Å². The Bertz CT molecular complexity index is 915. The largest absolute Gasteiger partial charge is 0.452 e. The summed E-state index contributed by atoms with van der Waals surface area (Å²) in [6, 6.07) is 7.98. The van der Waals surface area contributed by atoms with Crippen molar-refractivity contribution >= 4 is 23.5 Å². The van der Waals surface area contributed by atoms with Crippen LogP contribution in [-0.4, -0.2) is 42.9 Å². The number of likely N-dealkylation sites (N-methyl/N-ethyl adjacent to an activating group) is 1. The molecule has 0 bridgehead atoms. The van der Waals surface area contributed by atoms with Crippen molar-refractivity contribution in [3.05, 3.63) is 64.7 Å². The average molecular weight is 390 g/mol. The number of halogens is 2. The zero-order valence-electron chi connectivity index (χ0n) is 15.7. The smallest absolute Gasteiger partial charge is 0.341 e. The minimum Gasteiger partial charge on any atom is -0.452 e. The second-order valence-corrected chi connectivity index (χ2v) is 6.32. The molecule has 2 aromatic carbocycles. The first kappa shape index (κ1) is 21.0. The first-order chi connectivity index (χ1) is 13.2. The summed E-state index contributed by atoms with van der Waals surface area (Å²) in [4.78, 5) is 37.1. The molecule has 0 aliphatic heterocycles. The fourth-order valence-electron chi connectivity index (χ4n) is 2.33. The molecule has 0 aliphatic carbocycles. The van der Waals surface area contributed by atoms with Gasteiger partial charge in [-0.2, -0.15) is 0 Å². The molecule has 0 radical (unpaired) electrons. The third-order valence-electron chi connectivity index (χ3n) is 3.95. The van der Waals surface area contributed by atoms with E-state index in [1.54, 1.807) is 0 Å². The van der Waals surface area contributed by atoms with Gasteiger partial charge in [0.1, 0.15) is 11.6 Å². The summed E-state index contributed by atoms with van der Waals surface area (Å²) in [5.74, 6) is -4.08. The van der Waals surface area contributed by atoms with Gasteiger partial charge in [-0.1, -0.05) is 12.1 Å². The second-order valence-electron chi connectivity index (χ2n) is 6.32. The number of aryl methyl sites for hydroxylation is 2. The molecule has 8 heteroatoms. The van der Waals surface area contributed by atoms with Crippen LogP contribution in [0.2, 0.25) is 0 Å². The van der Waals surface area contributed by atoms with Gasteiger partial charge in [-0.15, -0.1) is 0 Å². The van der Waals surface area contributed by atoms with E-state index in [1.807, 2.05) is 32.0 Å². The van der Waals surface area contributed by atoms with Crippen LogP contribution in [0.4, 0.5) is 14.5 Å². The molecule has 0 fully saturated rings. The minimum atomic E-state index is -1.10. The number of hydrogen-bond donors (Lipinski definition) is 1. The van der Waals surface area contributed by atoms with Crippen LogP contribution in [0.5, 0.6) is 0 Å². The lowest BCUT2D eigenvalue weighted by Gasteiger charge is -2.17. The molecule has 2 rings (SSSR count). The monoisotopic (exact) mass is 390 g/mol. The molecular weight excluding hydrogens is 370 g/mol. The minimum absolute atomic E-state index is 0.255. The van der Waals surface area contributed by atoms with Gasteiger partial charge in [-0.3, -0.25) is 9.59 Å². The lowest BCUT2D eigenvalue weighted by atomic mass is 10.1.